The van der Waals surface area contributed by atoms with Crippen LogP contribution in [0.1, 0.15) is 86.8 Å². The van der Waals surface area contributed by atoms with Crippen LogP contribution in [-0.2, 0) is 39.2 Å². The van der Waals surface area contributed by atoms with Crippen molar-refractivity contribution in [2.75, 3.05) is 0 Å². The normalized spacial score (nSPS) is 10.4. The number of carbonyl (C=O) groups is 2. The van der Waals surface area contributed by atoms with Crippen molar-refractivity contribution < 1.29 is 46.8 Å². The zero-order valence-electron chi connectivity index (χ0n) is 25.8. The summed E-state index contributed by atoms with van der Waals surface area (Å²) in [4.78, 5) is 27.1. The number of aryl methyl sites for hydroxylation is 4. The van der Waals surface area contributed by atoms with E-state index >= 15 is 0 Å². The van der Waals surface area contributed by atoms with Gasteiger partial charge in [-0.15, -0.1) is 0 Å². The second-order valence-corrected chi connectivity index (χ2v) is 9.90. The molecule has 8 nitrogen and oxygen atoms in total. The maximum absolute atomic E-state index is 10.5. The SMILES string of the molecule is CC(=O)[O-].CC(=O)[O-].CCCCc1cc(C)c(O)c(C=Nc2ccccc2N=Cc2cc(CCCC)cc(C)c2O)c1.[Co+2]. The van der Waals surface area contributed by atoms with Gasteiger partial charge < -0.3 is 30.0 Å². The molecule has 2 N–H and O–H groups in total. The van der Waals surface area contributed by atoms with Gasteiger partial charge in [-0.1, -0.05) is 51.0 Å². The van der Waals surface area contributed by atoms with Gasteiger partial charge in [-0.25, -0.2) is 0 Å². The number of aliphatic carboxylic acids is 2. The Balaban J connectivity index is 0.00000174. The molecule has 3 aromatic carbocycles. The van der Waals surface area contributed by atoms with E-state index in [9.17, 15) is 10.2 Å². The van der Waals surface area contributed by atoms with Crippen molar-refractivity contribution in [3.8, 4) is 11.5 Å². The van der Waals surface area contributed by atoms with Gasteiger partial charge in [-0.2, -0.15) is 0 Å². The van der Waals surface area contributed by atoms with Gasteiger partial charge in [0.05, 0.1) is 11.4 Å². The van der Waals surface area contributed by atoms with Crippen LogP contribution in [0, 0.1) is 13.8 Å². The first-order valence-electron chi connectivity index (χ1n) is 14.1. The Kier molecular flexibility index (Phi) is 18.9. The first-order valence-corrected chi connectivity index (χ1v) is 14.1. The molecule has 0 aliphatic rings. The Morgan fingerprint density at radius 2 is 1.05 bits per heavy atom. The molecule has 0 unspecified atom stereocenters. The molecule has 0 fully saturated rings. The van der Waals surface area contributed by atoms with Crippen molar-refractivity contribution in [3.63, 3.8) is 0 Å². The molecule has 0 bridgehead atoms. The summed E-state index contributed by atoms with van der Waals surface area (Å²) in [6.45, 7) is 10.1. The number of para-hydroxylation sites is 2. The van der Waals surface area contributed by atoms with E-state index in [0.717, 1.165) is 63.5 Å². The Hall–Kier alpha value is -3.95. The van der Waals surface area contributed by atoms with E-state index in [-0.39, 0.29) is 28.3 Å². The number of carboxylic acids is 2. The van der Waals surface area contributed by atoms with E-state index in [1.807, 2.05) is 62.4 Å². The van der Waals surface area contributed by atoms with E-state index in [1.54, 1.807) is 12.4 Å². The summed E-state index contributed by atoms with van der Waals surface area (Å²) < 4.78 is 0. The van der Waals surface area contributed by atoms with Crippen molar-refractivity contribution in [1.82, 2.24) is 0 Å². The smallest absolute Gasteiger partial charge is 0.550 e. The van der Waals surface area contributed by atoms with Gasteiger partial charge in [0.25, 0.3) is 0 Å². The van der Waals surface area contributed by atoms with E-state index in [2.05, 4.69) is 23.8 Å². The van der Waals surface area contributed by atoms with Crippen molar-refractivity contribution in [1.29, 1.82) is 0 Å². The number of hydrogen-bond donors (Lipinski definition) is 2. The average molecular weight is 634 g/mol. The van der Waals surface area contributed by atoms with Crippen LogP contribution in [0.25, 0.3) is 0 Å². The molecule has 0 saturated carbocycles. The van der Waals surface area contributed by atoms with Crippen LogP contribution in [0.2, 0.25) is 0 Å². The summed E-state index contributed by atoms with van der Waals surface area (Å²) in [6, 6.07) is 15.7. The number of rotatable bonds is 10. The number of aromatic hydroxyl groups is 2. The van der Waals surface area contributed by atoms with Crippen LogP contribution >= 0.6 is 0 Å². The molecule has 0 aromatic heterocycles. The molecule has 1 radical (unpaired) electrons. The van der Waals surface area contributed by atoms with E-state index in [1.165, 1.54) is 11.1 Å². The summed E-state index contributed by atoms with van der Waals surface area (Å²) in [5.41, 5.74) is 6.95. The first kappa shape index (κ1) is 39.0. The van der Waals surface area contributed by atoms with Crippen molar-refractivity contribution in [2.45, 2.75) is 80.1 Å². The molecule has 9 heteroatoms. The monoisotopic (exact) mass is 633 g/mol. The van der Waals surface area contributed by atoms with Crippen LogP contribution < -0.4 is 10.2 Å². The van der Waals surface area contributed by atoms with Gasteiger partial charge in [-0.3, -0.25) is 9.98 Å². The number of hydrogen-bond acceptors (Lipinski definition) is 8. The number of carboxylic acid groups (broad SMARTS) is 2. The van der Waals surface area contributed by atoms with Crippen LogP contribution in [0.3, 0.4) is 0 Å². The number of carbonyl (C=O) groups excluding carboxylic acids is 2. The number of phenols is 2. The third-order valence-electron chi connectivity index (χ3n) is 5.98. The summed E-state index contributed by atoms with van der Waals surface area (Å²) in [5.74, 6) is -1.65. The van der Waals surface area contributed by atoms with E-state index < -0.39 is 11.9 Å². The van der Waals surface area contributed by atoms with Crippen LogP contribution in [-0.4, -0.2) is 34.6 Å². The molecule has 43 heavy (non-hydrogen) atoms. The van der Waals surface area contributed by atoms with Gasteiger partial charge in [0.2, 0.25) is 0 Å². The van der Waals surface area contributed by atoms with Crippen molar-refractivity contribution in [2.24, 2.45) is 9.98 Å². The quantitative estimate of drug-likeness (QED) is 0.286. The Morgan fingerprint density at radius 1 is 0.721 bits per heavy atom. The maximum Gasteiger partial charge on any atom is 2.00 e. The molecule has 0 amide bonds. The fourth-order valence-corrected chi connectivity index (χ4v) is 3.98. The fraction of sp³-hybridized carbons (Fsp3) is 0.353. The molecule has 3 rings (SSSR count). The van der Waals surface area contributed by atoms with Gasteiger partial charge in [-0.05, 0) is 99.9 Å². The number of aliphatic imine (C=N–C) groups is 2. The minimum atomic E-state index is -1.08. The molecule has 233 valence electrons. The second-order valence-electron chi connectivity index (χ2n) is 9.90. The molecular formula is C34H42CoN2O6. The van der Waals surface area contributed by atoms with Crippen LogP contribution in [0.15, 0.2) is 58.5 Å². The van der Waals surface area contributed by atoms with Gasteiger partial charge in [0.1, 0.15) is 11.5 Å². The summed E-state index contributed by atoms with van der Waals surface area (Å²) >= 11 is 0. The third kappa shape index (κ3) is 15.2. The Labute approximate surface area is 265 Å². The number of unbranched alkanes of at least 4 members (excludes halogenated alkanes) is 2. The topological polar surface area (TPSA) is 145 Å². The largest absolute Gasteiger partial charge is 2.00 e. The van der Waals surface area contributed by atoms with Gasteiger partial charge >= 0.3 is 16.8 Å². The van der Waals surface area contributed by atoms with Crippen LogP contribution in [0.5, 0.6) is 11.5 Å². The predicted octanol–water partition coefficient (Wildman–Crippen LogP) is 5.41. The zero-order chi connectivity index (χ0) is 31.7. The zero-order valence-corrected chi connectivity index (χ0v) is 26.8. The molecule has 0 heterocycles. The summed E-state index contributed by atoms with van der Waals surface area (Å²) in [7, 11) is 0. The Morgan fingerprint density at radius 3 is 1.35 bits per heavy atom. The average Bonchev–Trinajstić information content (AvgIpc) is 2.92. The Bertz CT molecular complexity index is 1270. The van der Waals surface area contributed by atoms with Crippen molar-refractivity contribution >= 4 is 35.7 Å². The minimum absolute atomic E-state index is 0. The van der Waals surface area contributed by atoms with E-state index in [0.29, 0.717) is 22.5 Å². The standard InChI is InChI=1S/C30H36N2O2.2C2H4O2.Co/c1-5-7-11-23-15-21(3)29(33)25(17-23)19-31-27-13-9-10-14-28(27)32-20-26-18-24(12-8-6-2)16-22(4)30(26)34;2*1-2(3)4;/h9-10,13-20,33-34H,5-8,11-12H2,1-4H3;2*1H3,(H,3,4);/q;;;+2/p-2. The van der Waals surface area contributed by atoms with Crippen LogP contribution in [0.4, 0.5) is 11.4 Å². The molecule has 0 aliphatic carbocycles. The minimum Gasteiger partial charge on any atom is -0.550 e. The van der Waals surface area contributed by atoms with Gasteiger partial charge in [0.15, 0.2) is 0 Å². The second kappa shape index (κ2) is 20.8. The molecule has 0 spiro atoms. The molecule has 0 saturated heterocycles. The molecule has 0 aliphatic heterocycles. The fourth-order valence-electron chi connectivity index (χ4n) is 3.98. The summed E-state index contributed by atoms with van der Waals surface area (Å²) in [5, 5.41) is 38.9. The number of phenolic OH excluding ortho intramolecular Hbond substituents is 2. The van der Waals surface area contributed by atoms with Crippen molar-refractivity contribution in [3.05, 3.63) is 81.9 Å². The molecular weight excluding hydrogens is 591 g/mol. The third-order valence-corrected chi connectivity index (χ3v) is 5.98. The van der Waals surface area contributed by atoms with Gasteiger partial charge in [0, 0.05) is 35.5 Å². The van der Waals surface area contributed by atoms with E-state index in [4.69, 9.17) is 19.8 Å². The summed E-state index contributed by atoms with van der Waals surface area (Å²) in [6.07, 6.45) is 9.88. The first-order chi connectivity index (χ1) is 19.9. The number of nitrogens with zero attached hydrogens (tertiary/aromatic N) is 2. The molecule has 0 atom stereocenters. The maximum atomic E-state index is 10.5. The number of benzene rings is 3. The predicted molar refractivity (Wildman–Crippen MR) is 165 cm³/mol. The molecule has 3 aromatic rings.